The van der Waals surface area contributed by atoms with Crippen LogP contribution >= 0.6 is 0 Å². The van der Waals surface area contributed by atoms with E-state index in [1.165, 1.54) is 16.8 Å². The average molecular weight is 329 g/mol. The van der Waals surface area contributed by atoms with Crippen LogP contribution in [0.25, 0.3) is 5.69 Å². The number of nitrogens with zero attached hydrogens (tertiary/aromatic N) is 3. The Morgan fingerprint density at radius 2 is 2.08 bits per heavy atom. The number of carbonyl (C=O) groups is 1. The summed E-state index contributed by atoms with van der Waals surface area (Å²) < 4.78 is 14.5. The normalized spacial score (nSPS) is 10.6. The fraction of sp³-hybridized carbons (Fsp3) is 0.353. The van der Waals surface area contributed by atoms with Crippen LogP contribution in [0.15, 0.2) is 24.3 Å². The van der Waals surface area contributed by atoms with Crippen molar-refractivity contribution < 1.29 is 9.18 Å². The van der Waals surface area contributed by atoms with Crippen molar-refractivity contribution in [1.29, 1.82) is 5.26 Å². The lowest BCUT2D eigenvalue weighted by Crippen LogP contribution is -2.28. The standard InChI is InChI=1S/C17H20FN5O/c1-11(2)17(24)21-9-3-4-15-14(10-19)16(20)23(22-15)13-7-5-12(18)6-8-13/h5-8,11H,3-4,9,20H2,1-2H3,(H,21,24). The number of amides is 1. The number of benzene rings is 1. The Bertz CT molecular complexity index is 759. The fourth-order valence-corrected chi connectivity index (χ4v) is 2.23. The van der Waals surface area contributed by atoms with E-state index in [0.29, 0.717) is 36.3 Å². The number of nitrogen functional groups attached to an aromatic ring is 1. The summed E-state index contributed by atoms with van der Waals surface area (Å²) in [4.78, 5) is 11.5. The van der Waals surface area contributed by atoms with E-state index in [1.807, 2.05) is 13.8 Å². The van der Waals surface area contributed by atoms with Crippen LogP contribution in [0.1, 0.15) is 31.5 Å². The van der Waals surface area contributed by atoms with E-state index in [4.69, 9.17) is 5.73 Å². The quantitative estimate of drug-likeness (QED) is 0.794. The summed E-state index contributed by atoms with van der Waals surface area (Å²) in [7, 11) is 0. The van der Waals surface area contributed by atoms with E-state index in [2.05, 4.69) is 16.5 Å². The molecule has 1 heterocycles. The van der Waals surface area contributed by atoms with Gasteiger partial charge in [0.2, 0.25) is 5.91 Å². The molecule has 0 aliphatic carbocycles. The minimum absolute atomic E-state index is 0.00754. The van der Waals surface area contributed by atoms with Crippen molar-refractivity contribution in [1.82, 2.24) is 15.1 Å². The molecule has 6 nitrogen and oxygen atoms in total. The van der Waals surface area contributed by atoms with Gasteiger partial charge < -0.3 is 11.1 Å². The first-order chi connectivity index (χ1) is 11.4. The second-order valence-corrected chi connectivity index (χ2v) is 5.76. The highest BCUT2D eigenvalue weighted by atomic mass is 19.1. The Labute approximate surface area is 140 Å². The lowest BCUT2D eigenvalue weighted by molar-refractivity contribution is -0.123. The summed E-state index contributed by atoms with van der Waals surface area (Å²) in [6.07, 6.45) is 1.16. The molecule has 7 heteroatoms. The van der Waals surface area contributed by atoms with Gasteiger partial charge in [0.05, 0.1) is 11.4 Å². The first kappa shape index (κ1) is 17.5. The number of hydrogen-bond donors (Lipinski definition) is 2. The molecule has 0 atom stereocenters. The maximum Gasteiger partial charge on any atom is 0.222 e. The summed E-state index contributed by atoms with van der Waals surface area (Å²) in [5.41, 5.74) is 7.46. The lowest BCUT2D eigenvalue weighted by atomic mass is 10.1. The highest BCUT2D eigenvalue weighted by molar-refractivity contribution is 5.77. The number of nitriles is 1. The minimum Gasteiger partial charge on any atom is -0.382 e. The molecule has 0 aliphatic heterocycles. The van der Waals surface area contributed by atoms with Crippen molar-refractivity contribution >= 4 is 11.7 Å². The van der Waals surface area contributed by atoms with Crippen LogP contribution in [0.3, 0.4) is 0 Å². The summed E-state index contributed by atoms with van der Waals surface area (Å²) in [6.45, 7) is 4.16. The molecule has 1 aromatic carbocycles. The zero-order valence-electron chi connectivity index (χ0n) is 13.7. The SMILES string of the molecule is CC(C)C(=O)NCCCc1nn(-c2ccc(F)cc2)c(N)c1C#N. The topological polar surface area (TPSA) is 96.7 Å². The molecule has 0 radical (unpaired) electrons. The predicted octanol–water partition coefficient (Wildman–Crippen LogP) is 2.17. The number of hydrogen-bond acceptors (Lipinski definition) is 4. The summed E-state index contributed by atoms with van der Waals surface area (Å²) in [6, 6.07) is 7.78. The first-order valence-electron chi connectivity index (χ1n) is 7.75. The molecule has 126 valence electrons. The zero-order chi connectivity index (χ0) is 17.7. The molecular formula is C17H20FN5O. The number of nitrogens with one attached hydrogen (secondary N) is 1. The molecule has 0 saturated carbocycles. The Morgan fingerprint density at radius 1 is 1.42 bits per heavy atom. The Balaban J connectivity index is 2.11. The predicted molar refractivity (Wildman–Crippen MR) is 88.8 cm³/mol. The number of carbonyl (C=O) groups excluding carboxylic acids is 1. The second kappa shape index (κ2) is 7.59. The number of aryl methyl sites for hydroxylation is 1. The highest BCUT2D eigenvalue weighted by Crippen LogP contribution is 2.21. The largest absolute Gasteiger partial charge is 0.382 e. The van der Waals surface area contributed by atoms with Crippen molar-refractivity contribution in [2.45, 2.75) is 26.7 Å². The van der Waals surface area contributed by atoms with Crippen molar-refractivity contribution in [2.24, 2.45) is 5.92 Å². The van der Waals surface area contributed by atoms with Crippen LogP contribution in [-0.4, -0.2) is 22.2 Å². The smallest absolute Gasteiger partial charge is 0.222 e. The maximum atomic E-state index is 13.0. The molecule has 0 spiro atoms. The van der Waals surface area contributed by atoms with Crippen molar-refractivity contribution in [2.75, 3.05) is 12.3 Å². The van der Waals surface area contributed by atoms with Crippen molar-refractivity contribution in [3.05, 3.63) is 41.3 Å². The van der Waals surface area contributed by atoms with E-state index < -0.39 is 0 Å². The number of anilines is 1. The molecule has 0 saturated heterocycles. The van der Waals surface area contributed by atoms with Crippen LogP contribution in [0, 0.1) is 23.1 Å². The van der Waals surface area contributed by atoms with Gasteiger partial charge in [0.1, 0.15) is 23.3 Å². The summed E-state index contributed by atoms with van der Waals surface area (Å²) >= 11 is 0. The van der Waals surface area contributed by atoms with Gasteiger partial charge in [-0.1, -0.05) is 13.8 Å². The third-order valence-corrected chi connectivity index (χ3v) is 3.59. The van der Waals surface area contributed by atoms with Gasteiger partial charge in [0.25, 0.3) is 0 Å². The molecule has 1 amide bonds. The molecule has 0 fully saturated rings. The van der Waals surface area contributed by atoms with Gasteiger partial charge in [-0.3, -0.25) is 4.79 Å². The van der Waals surface area contributed by atoms with Gasteiger partial charge in [-0.05, 0) is 37.1 Å². The van der Waals surface area contributed by atoms with Gasteiger partial charge in [0.15, 0.2) is 0 Å². The lowest BCUT2D eigenvalue weighted by Gasteiger charge is -2.06. The average Bonchev–Trinajstić information content (AvgIpc) is 2.87. The Morgan fingerprint density at radius 3 is 2.67 bits per heavy atom. The number of halogens is 1. The third-order valence-electron chi connectivity index (χ3n) is 3.59. The van der Waals surface area contributed by atoms with Gasteiger partial charge in [-0.25, -0.2) is 9.07 Å². The maximum absolute atomic E-state index is 13.0. The highest BCUT2D eigenvalue weighted by Gasteiger charge is 2.16. The van der Waals surface area contributed by atoms with Crippen LogP contribution in [-0.2, 0) is 11.2 Å². The summed E-state index contributed by atoms with van der Waals surface area (Å²) in [5.74, 6) is -0.198. The molecule has 2 aromatic rings. The van der Waals surface area contributed by atoms with Crippen LogP contribution in [0.2, 0.25) is 0 Å². The van der Waals surface area contributed by atoms with Crippen LogP contribution < -0.4 is 11.1 Å². The third kappa shape index (κ3) is 3.90. The van der Waals surface area contributed by atoms with Gasteiger partial charge in [-0.2, -0.15) is 10.4 Å². The molecular weight excluding hydrogens is 309 g/mol. The van der Waals surface area contributed by atoms with E-state index >= 15 is 0 Å². The van der Waals surface area contributed by atoms with Crippen LogP contribution in [0.4, 0.5) is 10.2 Å². The summed E-state index contributed by atoms with van der Waals surface area (Å²) in [5, 5.41) is 16.5. The van der Waals surface area contributed by atoms with E-state index in [9.17, 15) is 14.4 Å². The zero-order valence-corrected chi connectivity index (χ0v) is 13.7. The Kier molecular flexibility index (Phi) is 5.53. The van der Waals surface area contributed by atoms with E-state index in [-0.39, 0.29) is 23.5 Å². The van der Waals surface area contributed by atoms with Crippen molar-refractivity contribution in [3.8, 4) is 11.8 Å². The molecule has 2 rings (SSSR count). The first-order valence-corrected chi connectivity index (χ1v) is 7.75. The molecule has 1 aromatic heterocycles. The molecule has 24 heavy (non-hydrogen) atoms. The molecule has 0 bridgehead atoms. The van der Waals surface area contributed by atoms with Gasteiger partial charge >= 0.3 is 0 Å². The van der Waals surface area contributed by atoms with Gasteiger partial charge in [-0.15, -0.1) is 0 Å². The van der Waals surface area contributed by atoms with Crippen molar-refractivity contribution in [3.63, 3.8) is 0 Å². The van der Waals surface area contributed by atoms with Crippen LogP contribution in [0.5, 0.6) is 0 Å². The number of aromatic nitrogens is 2. The second-order valence-electron chi connectivity index (χ2n) is 5.76. The molecule has 3 N–H and O–H groups in total. The Hall–Kier alpha value is -2.88. The number of nitrogens with two attached hydrogens (primary N) is 1. The van der Waals surface area contributed by atoms with E-state index in [0.717, 1.165) is 0 Å². The number of rotatable bonds is 6. The van der Waals surface area contributed by atoms with Gasteiger partial charge in [0, 0.05) is 12.5 Å². The molecule has 0 aliphatic rings. The monoisotopic (exact) mass is 329 g/mol. The molecule has 0 unspecified atom stereocenters. The fourth-order valence-electron chi connectivity index (χ4n) is 2.23. The minimum atomic E-state index is -0.355. The van der Waals surface area contributed by atoms with E-state index in [1.54, 1.807) is 12.1 Å².